The molecule has 0 unspecified atom stereocenters. The smallest absolute Gasteiger partial charge is 0.333 e. The fraction of sp³-hybridized carbons (Fsp3) is 0. The quantitative estimate of drug-likeness (QED) is 0.159. The summed E-state index contributed by atoms with van der Waals surface area (Å²) in [5.41, 5.74) is 51.5. The van der Waals surface area contributed by atoms with Crippen molar-refractivity contribution in [3.8, 4) is 72.4 Å². The number of aromatic nitrogens is 1. The minimum absolute atomic E-state index is 0.00255. The van der Waals surface area contributed by atoms with Gasteiger partial charge in [0.1, 0.15) is 39.1 Å². The fourth-order valence-corrected chi connectivity index (χ4v) is 28.7. The van der Waals surface area contributed by atoms with E-state index >= 15 is 0 Å². The minimum Gasteiger partial charge on any atom is -0.455 e. The van der Waals surface area contributed by atoms with E-state index in [0.29, 0.717) is 0 Å². The molecule has 147 heavy (non-hydrogen) atoms. The van der Waals surface area contributed by atoms with Crippen LogP contribution in [0, 0.1) is 0 Å². The number of furan rings is 4. The van der Waals surface area contributed by atoms with Crippen molar-refractivity contribution in [1.82, 2.24) is 4.57 Å². The van der Waals surface area contributed by atoms with E-state index in [1.807, 2.05) is 23.5 Å². The van der Waals surface area contributed by atoms with Crippen molar-refractivity contribution in [1.29, 1.82) is 0 Å². The Kier molecular flexibility index (Phi) is 15.5. The number of benzene rings is 22. The molecule has 0 fully saturated rings. The van der Waals surface area contributed by atoms with E-state index in [2.05, 4.69) is 470 Å². The van der Waals surface area contributed by atoms with E-state index < -0.39 is 0 Å². The third kappa shape index (κ3) is 10.2. The van der Waals surface area contributed by atoms with E-state index in [9.17, 15) is 0 Å². The van der Waals surface area contributed by atoms with Crippen LogP contribution in [0.25, 0.3) is 202 Å². The predicted molar refractivity (Wildman–Crippen MR) is 614 cm³/mol. The minimum atomic E-state index is -0.00735. The Morgan fingerprint density at radius 3 is 0.918 bits per heavy atom. The lowest BCUT2D eigenvalue weighted by molar-refractivity contribution is 0.669. The molecule has 0 N–H and O–H groups in total. The molecule has 0 radical (unpaired) electrons. The Bertz CT molecular complexity index is 10400. The van der Waals surface area contributed by atoms with Crippen molar-refractivity contribution in [2.45, 2.75) is 0 Å². The molecule has 15 heteroatoms. The van der Waals surface area contributed by atoms with E-state index in [1.165, 1.54) is 199 Å². The topological polar surface area (TPSA) is 76.9 Å². The molecule has 0 bridgehead atoms. The number of thiophene rings is 1. The van der Waals surface area contributed by atoms with E-state index in [-0.39, 0.29) is 20.5 Å². The number of nitrogens with zero attached hydrogens (tertiary/aromatic N) is 7. The lowest BCUT2D eigenvalue weighted by Gasteiger charge is -2.49. The maximum atomic E-state index is 6.82. The van der Waals surface area contributed by atoms with Crippen molar-refractivity contribution >= 4 is 280 Å². The van der Waals surface area contributed by atoms with Crippen LogP contribution in [-0.4, -0.2) is 25.1 Å². The number of anilines is 15. The zero-order chi connectivity index (χ0) is 95.1. The second kappa shape index (κ2) is 29.0. The van der Waals surface area contributed by atoms with Gasteiger partial charge in [-0.15, -0.1) is 11.3 Å². The van der Waals surface area contributed by atoms with Gasteiger partial charge in [0.2, 0.25) is 0 Å². The maximum Gasteiger partial charge on any atom is 0.333 e. The van der Waals surface area contributed by atoms with Crippen molar-refractivity contribution in [3.63, 3.8) is 0 Å². The van der Waals surface area contributed by atoms with Crippen molar-refractivity contribution < 1.29 is 17.7 Å². The predicted octanol–water partition coefficient (Wildman–Crippen LogP) is 32.2. The molecule has 15 heterocycles. The average molecular weight is 1890 g/mol. The highest BCUT2D eigenvalue weighted by Gasteiger charge is 2.55. The maximum absolute atomic E-state index is 6.82. The summed E-state index contributed by atoms with van der Waals surface area (Å²) in [6, 6.07) is 164. The molecule has 0 saturated heterocycles. The molecule has 0 aliphatic carbocycles. The van der Waals surface area contributed by atoms with Gasteiger partial charge in [-0.3, -0.25) is 0 Å². The molecule has 9 aliphatic heterocycles. The van der Waals surface area contributed by atoms with Gasteiger partial charge >= 0.3 is 20.5 Å². The van der Waals surface area contributed by atoms with Gasteiger partial charge in [-0.25, -0.2) is 0 Å². The Morgan fingerprint density at radius 2 is 0.469 bits per heavy atom. The van der Waals surface area contributed by atoms with Gasteiger partial charge in [-0.05, 0) is 224 Å². The van der Waals surface area contributed by atoms with Crippen LogP contribution >= 0.6 is 11.3 Å². The molecule has 6 aromatic heterocycles. The summed E-state index contributed by atoms with van der Waals surface area (Å²) in [5.74, 6) is 0. The molecule has 11 nitrogen and oxygen atoms in total. The van der Waals surface area contributed by atoms with Crippen molar-refractivity contribution in [2.75, 3.05) is 29.1 Å². The molecule has 9 aliphatic rings. The van der Waals surface area contributed by atoms with Gasteiger partial charge in [0, 0.05) is 177 Å². The number of fused-ring (bicyclic) bond motifs is 39. The monoisotopic (exact) mass is 1890 g/mol. The Hall–Kier alpha value is -18.9. The van der Waals surface area contributed by atoms with Crippen LogP contribution in [0.1, 0.15) is 0 Å². The molecule has 676 valence electrons. The number of hydrogen-bond donors (Lipinski definition) is 0. The van der Waals surface area contributed by atoms with Crippen LogP contribution in [0.5, 0.6) is 0 Å². The fourth-order valence-electron chi connectivity index (χ4n) is 27.5. The van der Waals surface area contributed by atoms with E-state index in [4.69, 9.17) is 17.7 Å². The van der Waals surface area contributed by atoms with Gasteiger partial charge in [-0.2, -0.15) is 0 Å². The van der Waals surface area contributed by atoms with E-state index in [1.54, 1.807) is 0 Å². The summed E-state index contributed by atoms with van der Waals surface area (Å²) < 4.78 is 32.1. The third-order valence-corrected chi connectivity index (χ3v) is 34.3. The van der Waals surface area contributed by atoms with Gasteiger partial charge < -0.3 is 51.4 Å². The lowest BCUT2D eigenvalue weighted by atomic mass is 9.41. The second-order valence-electron chi connectivity index (χ2n) is 40.0. The molecule has 37 rings (SSSR count). The summed E-state index contributed by atoms with van der Waals surface area (Å²) in [5, 5.41) is 14.2. The van der Waals surface area contributed by atoms with Crippen LogP contribution in [0.15, 0.2) is 467 Å². The largest absolute Gasteiger partial charge is 0.455 e. The summed E-state index contributed by atoms with van der Waals surface area (Å²) in [6.07, 6.45) is 0. The van der Waals surface area contributed by atoms with Gasteiger partial charge in [0.15, 0.2) is 5.58 Å². The molecule has 28 aromatic rings. The highest BCUT2D eigenvalue weighted by molar-refractivity contribution is 7.26. The number of rotatable bonds is 4. The second-order valence-corrected chi connectivity index (χ2v) is 41.0. The Balaban J connectivity index is 0.0000000931. The summed E-state index contributed by atoms with van der Waals surface area (Å²) >= 11 is 1.89. The first kappa shape index (κ1) is 78.7. The Labute approximate surface area is 846 Å². The summed E-state index contributed by atoms with van der Waals surface area (Å²) in [7, 11) is 0. The molecule has 0 saturated carbocycles. The third-order valence-electron chi connectivity index (χ3n) is 33.1. The van der Waals surface area contributed by atoms with Crippen LogP contribution in [-0.2, 0) is 0 Å². The van der Waals surface area contributed by atoms with E-state index in [0.717, 1.165) is 122 Å². The standard InChI is InChI=1S/C48H28BN3O.C42H23BN2O2.C42H23BN2OS/c1-2-13-29(14-3-1)50-37-21-7-4-16-31(37)34-19-11-25-42(47(34)50)51-40-23-10-18-33-30-15-5-8-22-38(30)52-39-28-27-35-32-17-6-9-26-43(32)53-48(35)44(39)36-20-12-24-41(51)46(36)49(52)45(33)40;1-4-16-31-24(10-1)27-13-7-17-33-39(27)43-40-30(38-32(45(31)43)23-22-29-26-12-3-6-21-37(26)47-42(29)38)15-9-18-34(40)44(33)35-19-8-14-28-25-11-2-5-20-36(25)46-41(28)35;1-4-16-31-24(10-1)27-13-7-17-33-39(27)43-40-30(38-32(45(31)43)23-22-28-25-11-2-5-20-36(25)46-41(28)38)15-9-18-34(40)44(33)35-19-8-14-29-26-12-3-6-21-37(26)47-42(29)35/h1-28H;2*1-23H. The number of para-hydroxylation sites is 11. The SMILES string of the molecule is c1ccc(-n2c3ccccc3c3cccc(N4c5cccc6c5B5c7c(cccc74)-c4c(ccc7c4oc4ccccc47)N5c4ccccc4-6)c32)cc1.c1ccc2c(c1)-c1cccc3c1B1c4c(cccc4N3c3cccc4c3oc3ccccc34)-c3c(ccc4c3oc3ccccc34)N12.c1ccc2c(c1)-c1cccc3c1B1c4c(cccc4N3c3cccc4c3sc3ccccc34)-c3c(ccc4c3oc3ccccc34)N12. The van der Waals surface area contributed by atoms with Crippen LogP contribution < -0.4 is 61.9 Å². The van der Waals surface area contributed by atoms with Gasteiger partial charge in [-0.1, -0.05) is 291 Å². The molecule has 0 atom stereocenters. The van der Waals surface area contributed by atoms with Crippen molar-refractivity contribution in [2.24, 2.45) is 0 Å². The van der Waals surface area contributed by atoms with Gasteiger partial charge in [0.05, 0.1) is 32.8 Å². The van der Waals surface area contributed by atoms with Crippen LogP contribution in [0.4, 0.5) is 85.3 Å². The molecular weight excluding hydrogens is 1810 g/mol. The molecular formula is C132H74B3N7O4S. The van der Waals surface area contributed by atoms with Crippen LogP contribution in [0.2, 0.25) is 0 Å². The first-order chi connectivity index (χ1) is 73.0. The number of hydrogen-bond acceptors (Lipinski definition) is 11. The first-order valence-electron chi connectivity index (χ1n) is 50.6. The van der Waals surface area contributed by atoms with Crippen LogP contribution in [0.3, 0.4) is 0 Å². The first-order valence-corrected chi connectivity index (χ1v) is 51.4. The highest BCUT2D eigenvalue weighted by Crippen LogP contribution is 2.61. The molecule has 0 amide bonds. The summed E-state index contributed by atoms with van der Waals surface area (Å²) in [4.78, 5) is 15.3. The zero-order valence-electron chi connectivity index (χ0n) is 78.6. The van der Waals surface area contributed by atoms with Crippen molar-refractivity contribution in [3.05, 3.63) is 449 Å². The highest BCUT2D eigenvalue weighted by atomic mass is 32.1. The molecule has 0 spiro atoms. The normalized spacial score (nSPS) is 13.7. The zero-order valence-corrected chi connectivity index (χ0v) is 79.4. The van der Waals surface area contributed by atoms with Gasteiger partial charge in [0.25, 0.3) is 0 Å². The lowest BCUT2D eigenvalue weighted by Crippen LogP contribution is -2.63. The average Bonchev–Trinajstić information content (AvgIpc) is 1.61. The summed E-state index contributed by atoms with van der Waals surface area (Å²) in [6.45, 7) is 0.0318. The molecule has 22 aromatic carbocycles. The Morgan fingerprint density at radius 1 is 0.177 bits per heavy atom.